The highest BCUT2D eigenvalue weighted by molar-refractivity contribution is 5.84. The van der Waals surface area contributed by atoms with Crippen molar-refractivity contribution in [3.63, 3.8) is 0 Å². The second-order valence-electron chi connectivity index (χ2n) is 5.99. The summed E-state index contributed by atoms with van der Waals surface area (Å²) >= 11 is 0. The summed E-state index contributed by atoms with van der Waals surface area (Å²) in [5.74, 6) is 1.30. The van der Waals surface area contributed by atoms with E-state index in [0.717, 1.165) is 9.08 Å². The summed E-state index contributed by atoms with van der Waals surface area (Å²) in [6.45, 7) is -1.21. The van der Waals surface area contributed by atoms with Gasteiger partial charge in [0.2, 0.25) is 0 Å². The van der Waals surface area contributed by atoms with Gasteiger partial charge in [0, 0.05) is 12.1 Å². The fourth-order valence-electron chi connectivity index (χ4n) is 2.84. The number of nitrogens with zero attached hydrogens (tertiary/aromatic N) is 6. The van der Waals surface area contributed by atoms with E-state index >= 15 is 0 Å². The third-order valence-electron chi connectivity index (χ3n) is 4.20. The van der Waals surface area contributed by atoms with Crippen molar-refractivity contribution in [1.82, 2.24) is 34.3 Å². The summed E-state index contributed by atoms with van der Waals surface area (Å²) in [6, 6.07) is 3.37. The van der Waals surface area contributed by atoms with Crippen molar-refractivity contribution >= 4 is 16.7 Å². The Balaban J connectivity index is 1.70. The van der Waals surface area contributed by atoms with Crippen molar-refractivity contribution in [2.45, 2.75) is 12.9 Å². The van der Waals surface area contributed by atoms with Crippen molar-refractivity contribution < 1.29 is 27.4 Å². The highest BCUT2D eigenvalue weighted by Gasteiger charge is 2.29. The number of nitrogens with one attached hydrogen (secondary N) is 1. The molecule has 0 unspecified atom stereocenters. The van der Waals surface area contributed by atoms with Gasteiger partial charge in [0.05, 0.1) is 38.4 Å². The Morgan fingerprint density at radius 3 is 2.60 bits per heavy atom. The number of methoxy groups -OCH3 is 2. The summed E-state index contributed by atoms with van der Waals surface area (Å²) in [7, 11) is 3.00. The Morgan fingerprint density at radius 2 is 1.90 bits per heavy atom. The Hall–Kier alpha value is -3.68. The van der Waals surface area contributed by atoms with Crippen LogP contribution >= 0.6 is 0 Å². The number of hydrogen-bond donors (Lipinski definition) is 1. The zero-order valence-corrected chi connectivity index (χ0v) is 15.6. The van der Waals surface area contributed by atoms with Gasteiger partial charge in [-0.25, -0.2) is 19.2 Å². The maximum Gasteiger partial charge on any atom is 0.522 e. The van der Waals surface area contributed by atoms with E-state index in [0.29, 0.717) is 28.4 Å². The van der Waals surface area contributed by atoms with Crippen LogP contribution in [0.4, 0.5) is 13.2 Å². The van der Waals surface area contributed by atoms with Crippen LogP contribution in [0.25, 0.3) is 28.2 Å². The fourth-order valence-corrected chi connectivity index (χ4v) is 2.84. The molecule has 0 bridgehead atoms. The summed E-state index contributed by atoms with van der Waals surface area (Å²) in [4.78, 5) is 24.1. The second kappa shape index (κ2) is 7.29. The molecule has 0 aliphatic rings. The van der Waals surface area contributed by atoms with Gasteiger partial charge in [0.1, 0.15) is 6.33 Å². The van der Waals surface area contributed by atoms with Gasteiger partial charge in [0.25, 0.3) is 0 Å². The molecule has 3 heterocycles. The second-order valence-corrected chi connectivity index (χ2v) is 5.99. The number of benzene rings is 1. The quantitative estimate of drug-likeness (QED) is 0.492. The fraction of sp³-hybridized carbons (Fsp3) is 0.312. The minimum Gasteiger partial charge on any atom is -0.493 e. The lowest BCUT2D eigenvalue weighted by molar-refractivity contribution is -0.325. The summed E-state index contributed by atoms with van der Waals surface area (Å²) in [5.41, 5.74) is 0.811. The Bertz CT molecular complexity index is 1240. The smallest absolute Gasteiger partial charge is 0.493 e. The normalized spacial score (nSPS) is 12.0. The number of H-pyrrole nitrogens is 1. The number of aromatic nitrogens is 7. The molecule has 0 saturated carbocycles. The minimum atomic E-state index is -4.80. The van der Waals surface area contributed by atoms with E-state index in [9.17, 15) is 18.0 Å². The first-order valence-corrected chi connectivity index (χ1v) is 8.44. The standard InChI is InChI=1S/C16H14F3N7O4/c1-28-10-5-8-9(6-11(10)29-2)22-13(21-8)12-14-23-24-26(3-4-30-16(17,18)19)15(27)25(14)7-20-12/h5-7H,3-4H2,1-2H3,(H,21,22). The van der Waals surface area contributed by atoms with Crippen LogP contribution in [0.3, 0.4) is 0 Å². The van der Waals surface area contributed by atoms with Crippen LogP contribution in [0.15, 0.2) is 23.3 Å². The van der Waals surface area contributed by atoms with Crippen molar-refractivity contribution in [3.05, 3.63) is 28.9 Å². The highest BCUT2D eigenvalue weighted by Crippen LogP contribution is 2.32. The molecule has 0 amide bonds. The molecule has 0 aliphatic carbocycles. The first-order chi connectivity index (χ1) is 14.3. The molecule has 11 nitrogen and oxygen atoms in total. The van der Waals surface area contributed by atoms with E-state index < -0.39 is 25.2 Å². The minimum absolute atomic E-state index is 0.0889. The van der Waals surface area contributed by atoms with E-state index in [2.05, 4.69) is 30.0 Å². The predicted molar refractivity (Wildman–Crippen MR) is 95.2 cm³/mol. The first kappa shape index (κ1) is 19.6. The van der Waals surface area contributed by atoms with Crippen molar-refractivity contribution in [2.75, 3.05) is 20.8 Å². The molecular formula is C16H14F3N7O4. The van der Waals surface area contributed by atoms with E-state index in [-0.39, 0.29) is 11.3 Å². The van der Waals surface area contributed by atoms with Gasteiger partial charge < -0.3 is 14.5 Å². The van der Waals surface area contributed by atoms with Crippen LogP contribution in [0.5, 0.6) is 11.5 Å². The molecule has 0 radical (unpaired) electrons. The Morgan fingerprint density at radius 1 is 1.17 bits per heavy atom. The summed E-state index contributed by atoms with van der Waals surface area (Å²) < 4.78 is 52.3. The number of rotatable bonds is 6. The monoisotopic (exact) mass is 425 g/mol. The molecule has 4 rings (SSSR count). The lowest BCUT2D eigenvalue weighted by atomic mass is 10.3. The van der Waals surface area contributed by atoms with E-state index in [1.54, 1.807) is 12.1 Å². The molecule has 4 aromatic rings. The van der Waals surface area contributed by atoms with Gasteiger partial charge in [-0.3, -0.25) is 4.74 Å². The molecule has 30 heavy (non-hydrogen) atoms. The summed E-state index contributed by atoms with van der Waals surface area (Å²) in [6.07, 6.45) is -3.60. The highest BCUT2D eigenvalue weighted by atomic mass is 19.4. The molecule has 158 valence electrons. The molecule has 0 spiro atoms. The van der Waals surface area contributed by atoms with Gasteiger partial charge in [0.15, 0.2) is 28.7 Å². The topological polar surface area (TPSA) is 121 Å². The van der Waals surface area contributed by atoms with Crippen LogP contribution in [0.2, 0.25) is 0 Å². The van der Waals surface area contributed by atoms with Crippen molar-refractivity contribution in [3.8, 4) is 23.0 Å². The zero-order valence-electron chi connectivity index (χ0n) is 15.6. The SMILES string of the molecule is COc1cc2nc(-c3ncn4c(=O)n(CCOC(F)(F)F)nnc34)[nH]c2cc1OC. The average Bonchev–Trinajstić information content (AvgIpc) is 3.31. The van der Waals surface area contributed by atoms with Gasteiger partial charge >= 0.3 is 12.1 Å². The number of ether oxygens (including phenoxy) is 3. The van der Waals surface area contributed by atoms with Gasteiger partial charge in [-0.2, -0.15) is 4.68 Å². The van der Waals surface area contributed by atoms with Crippen LogP contribution in [0, 0.1) is 0 Å². The number of hydrogen-bond acceptors (Lipinski definition) is 8. The predicted octanol–water partition coefficient (Wildman–Crippen LogP) is 1.38. The van der Waals surface area contributed by atoms with Gasteiger partial charge in [-0.1, -0.05) is 5.21 Å². The molecule has 1 aromatic carbocycles. The van der Waals surface area contributed by atoms with Crippen molar-refractivity contribution in [1.29, 1.82) is 0 Å². The van der Waals surface area contributed by atoms with Crippen LogP contribution in [-0.2, 0) is 11.3 Å². The number of fused-ring (bicyclic) bond motifs is 2. The number of halogens is 3. The first-order valence-electron chi connectivity index (χ1n) is 8.44. The Labute approximate surface area is 165 Å². The maximum absolute atomic E-state index is 12.5. The zero-order chi connectivity index (χ0) is 21.5. The molecular weight excluding hydrogens is 411 g/mol. The number of aromatic amines is 1. The molecule has 1 N–H and O–H groups in total. The largest absolute Gasteiger partial charge is 0.522 e. The van der Waals surface area contributed by atoms with Gasteiger partial charge in [-0.15, -0.1) is 18.3 Å². The van der Waals surface area contributed by atoms with Crippen LogP contribution < -0.4 is 15.2 Å². The average molecular weight is 425 g/mol. The number of imidazole rings is 2. The lowest BCUT2D eigenvalue weighted by Crippen LogP contribution is -2.32. The maximum atomic E-state index is 12.5. The third kappa shape index (κ3) is 3.52. The molecule has 0 atom stereocenters. The van der Waals surface area contributed by atoms with E-state index in [4.69, 9.17) is 9.47 Å². The van der Waals surface area contributed by atoms with Crippen LogP contribution in [-0.4, -0.2) is 61.5 Å². The van der Waals surface area contributed by atoms with Crippen LogP contribution in [0.1, 0.15) is 0 Å². The van der Waals surface area contributed by atoms with E-state index in [1.165, 1.54) is 20.5 Å². The third-order valence-corrected chi connectivity index (χ3v) is 4.20. The molecule has 0 saturated heterocycles. The number of alkyl halides is 3. The molecule has 0 fully saturated rings. The molecule has 3 aromatic heterocycles. The summed E-state index contributed by atoms with van der Waals surface area (Å²) in [5, 5.41) is 7.56. The Kier molecular flexibility index (Phi) is 4.77. The lowest BCUT2D eigenvalue weighted by Gasteiger charge is -2.07. The van der Waals surface area contributed by atoms with Crippen molar-refractivity contribution in [2.24, 2.45) is 0 Å². The van der Waals surface area contributed by atoms with E-state index in [1.807, 2.05) is 0 Å². The molecule has 0 aliphatic heterocycles. The van der Waals surface area contributed by atoms with Gasteiger partial charge in [-0.05, 0) is 0 Å². The molecule has 14 heteroatoms.